The molecule has 3 N–H and O–H groups in total. The highest BCUT2D eigenvalue weighted by Gasteiger charge is 2.40. The van der Waals surface area contributed by atoms with Gasteiger partial charge in [-0.2, -0.15) is 0 Å². The first-order valence-electron chi connectivity index (χ1n) is 5.77. The molecule has 0 aliphatic heterocycles. The van der Waals surface area contributed by atoms with Gasteiger partial charge in [0.25, 0.3) is 0 Å². The number of nitrogens with zero attached hydrogens (tertiary/aromatic N) is 2. The van der Waals surface area contributed by atoms with Gasteiger partial charge < -0.3 is 10.7 Å². The van der Waals surface area contributed by atoms with Crippen LogP contribution in [0.4, 0.5) is 0 Å². The number of H-pyrrole nitrogens is 1. The van der Waals surface area contributed by atoms with E-state index in [1.54, 1.807) is 6.20 Å². The van der Waals surface area contributed by atoms with Crippen molar-refractivity contribution in [2.24, 2.45) is 5.73 Å². The number of pyridine rings is 1. The largest absolute Gasteiger partial charge is 0.340 e. The third kappa shape index (κ3) is 1.26. The van der Waals surface area contributed by atoms with E-state index in [0.29, 0.717) is 0 Å². The van der Waals surface area contributed by atoms with E-state index in [2.05, 4.69) is 21.9 Å². The second kappa shape index (κ2) is 3.28. The van der Waals surface area contributed by atoms with Gasteiger partial charge in [-0.05, 0) is 25.0 Å². The molecule has 2 heterocycles. The van der Waals surface area contributed by atoms with E-state index in [4.69, 9.17) is 5.73 Å². The van der Waals surface area contributed by atoms with Crippen molar-refractivity contribution in [2.75, 3.05) is 0 Å². The number of fused-ring (bicyclic) bond motifs is 1. The van der Waals surface area contributed by atoms with Crippen LogP contribution in [0.25, 0.3) is 11.2 Å². The average Bonchev–Trinajstić information content (AvgIpc) is 2.84. The van der Waals surface area contributed by atoms with Gasteiger partial charge in [-0.15, -0.1) is 0 Å². The molecule has 84 valence electrons. The normalized spacial score (nSPS) is 30.0. The van der Waals surface area contributed by atoms with Crippen LogP contribution >= 0.6 is 0 Å². The Labute approximate surface area is 94.3 Å². The lowest BCUT2D eigenvalue weighted by Gasteiger charge is -2.26. The van der Waals surface area contributed by atoms with Gasteiger partial charge in [-0.25, -0.2) is 9.97 Å². The number of nitrogens with two attached hydrogens (primary N) is 1. The van der Waals surface area contributed by atoms with Crippen LogP contribution in [0.1, 0.15) is 32.0 Å². The molecule has 4 nitrogen and oxygen atoms in total. The molecule has 2 atom stereocenters. The second-order valence-corrected chi connectivity index (χ2v) is 4.88. The van der Waals surface area contributed by atoms with E-state index < -0.39 is 0 Å². The maximum Gasteiger partial charge on any atom is 0.177 e. The van der Waals surface area contributed by atoms with Crippen molar-refractivity contribution in [1.29, 1.82) is 0 Å². The van der Waals surface area contributed by atoms with Gasteiger partial charge in [-0.1, -0.05) is 13.3 Å². The zero-order valence-electron chi connectivity index (χ0n) is 9.40. The number of hydrogen-bond donors (Lipinski definition) is 2. The van der Waals surface area contributed by atoms with Gasteiger partial charge in [-0.3, -0.25) is 0 Å². The maximum atomic E-state index is 6.19. The van der Waals surface area contributed by atoms with Crippen LogP contribution in [0, 0.1) is 0 Å². The fourth-order valence-electron chi connectivity index (χ4n) is 2.60. The average molecular weight is 216 g/mol. The molecular weight excluding hydrogens is 200 g/mol. The Bertz CT molecular complexity index is 485. The standard InChI is InChI=1S/C12H16N4/c1-12(6-2-5-9(12)13)11-15-8-4-3-7-14-10(8)16-11/h3-4,7,9H,2,5-6,13H2,1H3,(H,14,15,16). The Morgan fingerprint density at radius 1 is 1.56 bits per heavy atom. The predicted octanol–water partition coefficient (Wildman–Crippen LogP) is 1.73. The van der Waals surface area contributed by atoms with Crippen molar-refractivity contribution >= 4 is 11.2 Å². The smallest absolute Gasteiger partial charge is 0.177 e. The molecule has 2 aromatic heterocycles. The fourth-order valence-corrected chi connectivity index (χ4v) is 2.60. The Morgan fingerprint density at radius 2 is 2.44 bits per heavy atom. The van der Waals surface area contributed by atoms with Crippen molar-refractivity contribution in [1.82, 2.24) is 15.0 Å². The zero-order chi connectivity index (χ0) is 11.2. The van der Waals surface area contributed by atoms with Crippen LogP contribution in [0.15, 0.2) is 18.3 Å². The summed E-state index contributed by atoms with van der Waals surface area (Å²) in [5.74, 6) is 0.992. The van der Waals surface area contributed by atoms with E-state index in [1.807, 2.05) is 12.1 Å². The molecule has 0 amide bonds. The lowest BCUT2D eigenvalue weighted by Crippen LogP contribution is -2.39. The summed E-state index contributed by atoms with van der Waals surface area (Å²) in [6.45, 7) is 2.20. The lowest BCUT2D eigenvalue weighted by atomic mass is 9.84. The molecule has 0 saturated heterocycles. The number of imidazole rings is 1. The van der Waals surface area contributed by atoms with Crippen molar-refractivity contribution < 1.29 is 0 Å². The number of aromatic amines is 1. The molecule has 1 aliphatic rings. The zero-order valence-corrected chi connectivity index (χ0v) is 9.40. The van der Waals surface area contributed by atoms with Crippen LogP contribution in [-0.4, -0.2) is 21.0 Å². The van der Waals surface area contributed by atoms with Crippen molar-refractivity contribution in [3.05, 3.63) is 24.2 Å². The predicted molar refractivity (Wildman–Crippen MR) is 63.1 cm³/mol. The monoisotopic (exact) mass is 216 g/mol. The van der Waals surface area contributed by atoms with Crippen LogP contribution < -0.4 is 5.73 Å². The first-order chi connectivity index (χ1) is 7.70. The summed E-state index contributed by atoms with van der Waals surface area (Å²) in [5, 5.41) is 0. The molecule has 3 rings (SSSR count). The topological polar surface area (TPSA) is 67.6 Å². The Kier molecular flexibility index (Phi) is 2.01. The molecule has 0 aromatic carbocycles. The van der Waals surface area contributed by atoms with Crippen molar-refractivity contribution in [3.8, 4) is 0 Å². The summed E-state index contributed by atoms with van der Waals surface area (Å²) in [7, 11) is 0. The molecule has 1 saturated carbocycles. The fraction of sp³-hybridized carbons (Fsp3) is 0.500. The van der Waals surface area contributed by atoms with Gasteiger partial charge in [0.2, 0.25) is 0 Å². The summed E-state index contributed by atoms with van der Waals surface area (Å²) in [6, 6.07) is 4.12. The molecule has 0 radical (unpaired) electrons. The van der Waals surface area contributed by atoms with Gasteiger partial charge in [0.1, 0.15) is 5.82 Å². The Hall–Kier alpha value is -1.42. The van der Waals surface area contributed by atoms with Crippen molar-refractivity contribution in [2.45, 2.75) is 37.6 Å². The van der Waals surface area contributed by atoms with E-state index in [9.17, 15) is 0 Å². The minimum Gasteiger partial charge on any atom is -0.340 e. The summed E-state index contributed by atoms with van der Waals surface area (Å²) in [4.78, 5) is 12.2. The maximum absolute atomic E-state index is 6.19. The molecule has 0 spiro atoms. The van der Waals surface area contributed by atoms with E-state index in [0.717, 1.165) is 29.8 Å². The molecule has 1 aliphatic carbocycles. The third-order valence-electron chi connectivity index (χ3n) is 3.83. The molecule has 2 aromatic rings. The summed E-state index contributed by atoms with van der Waals surface area (Å²) in [5.41, 5.74) is 7.96. The van der Waals surface area contributed by atoms with Crippen LogP contribution in [0.3, 0.4) is 0 Å². The van der Waals surface area contributed by atoms with E-state index in [-0.39, 0.29) is 11.5 Å². The van der Waals surface area contributed by atoms with E-state index in [1.165, 1.54) is 6.42 Å². The molecular formula is C12H16N4. The van der Waals surface area contributed by atoms with E-state index >= 15 is 0 Å². The Morgan fingerprint density at radius 3 is 3.12 bits per heavy atom. The van der Waals surface area contributed by atoms with Crippen LogP contribution in [-0.2, 0) is 5.41 Å². The van der Waals surface area contributed by atoms with Gasteiger partial charge in [0, 0.05) is 17.7 Å². The first kappa shape index (κ1) is 9.78. The highest BCUT2D eigenvalue weighted by atomic mass is 15.0. The highest BCUT2D eigenvalue weighted by molar-refractivity contribution is 5.70. The van der Waals surface area contributed by atoms with Crippen LogP contribution in [0.2, 0.25) is 0 Å². The molecule has 2 unspecified atom stereocenters. The summed E-state index contributed by atoms with van der Waals surface area (Å²) < 4.78 is 0. The summed E-state index contributed by atoms with van der Waals surface area (Å²) >= 11 is 0. The second-order valence-electron chi connectivity index (χ2n) is 4.88. The molecule has 1 fully saturated rings. The number of nitrogens with one attached hydrogen (secondary N) is 1. The van der Waals surface area contributed by atoms with Gasteiger partial charge >= 0.3 is 0 Å². The third-order valence-corrected chi connectivity index (χ3v) is 3.83. The quantitative estimate of drug-likeness (QED) is 0.762. The SMILES string of the molecule is CC1(c2nc3ncccc3[nH]2)CCCC1N. The van der Waals surface area contributed by atoms with Crippen LogP contribution in [0.5, 0.6) is 0 Å². The molecule has 16 heavy (non-hydrogen) atoms. The minimum absolute atomic E-state index is 0.0132. The van der Waals surface area contributed by atoms with Gasteiger partial charge in [0.05, 0.1) is 5.52 Å². The molecule has 4 heteroatoms. The molecule has 0 bridgehead atoms. The highest BCUT2D eigenvalue weighted by Crippen LogP contribution is 2.38. The Balaban J connectivity index is 2.12. The van der Waals surface area contributed by atoms with Crippen molar-refractivity contribution in [3.63, 3.8) is 0 Å². The number of aromatic nitrogens is 3. The number of hydrogen-bond acceptors (Lipinski definition) is 3. The van der Waals surface area contributed by atoms with Gasteiger partial charge in [0.15, 0.2) is 5.65 Å². The lowest BCUT2D eigenvalue weighted by molar-refractivity contribution is 0.409. The minimum atomic E-state index is -0.0132. The number of rotatable bonds is 1. The first-order valence-corrected chi connectivity index (χ1v) is 5.77. The summed E-state index contributed by atoms with van der Waals surface area (Å²) in [6.07, 6.45) is 5.14.